The van der Waals surface area contributed by atoms with Gasteiger partial charge in [0.2, 0.25) is 5.91 Å². The summed E-state index contributed by atoms with van der Waals surface area (Å²) in [7, 11) is 0. The van der Waals surface area contributed by atoms with Crippen molar-refractivity contribution < 1.29 is 14.3 Å². The third-order valence-corrected chi connectivity index (χ3v) is 3.95. The van der Waals surface area contributed by atoms with Gasteiger partial charge in [0.05, 0.1) is 5.69 Å². The molecule has 4 rings (SSSR count). The van der Waals surface area contributed by atoms with Gasteiger partial charge in [-0.1, -0.05) is 18.2 Å². The van der Waals surface area contributed by atoms with Crippen molar-refractivity contribution in [3.8, 4) is 5.75 Å². The van der Waals surface area contributed by atoms with Crippen LogP contribution in [-0.2, 0) is 9.59 Å². The Morgan fingerprint density at radius 1 is 1.21 bits per heavy atom. The Balaban J connectivity index is 1.52. The number of ether oxygens (including phenoxy) is 1. The molecule has 1 aliphatic heterocycles. The molecule has 0 radical (unpaired) electrons. The number of hydrogen-bond acceptors (Lipinski definition) is 3. The molecule has 1 aliphatic rings. The van der Waals surface area contributed by atoms with Gasteiger partial charge in [0.25, 0.3) is 5.91 Å². The molecule has 24 heavy (non-hydrogen) atoms. The summed E-state index contributed by atoms with van der Waals surface area (Å²) in [4.78, 5) is 29.0. The summed E-state index contributed by atoms with van der Waals surface area (Å²) < 4.78 is 5.38. The lowest BCUT2D eigenvalue weighted by molar-refractivity contribution is -0.123. The molecule has 0 bridgehead atoms. The van der Waals surface area contributed by atoms with Crippen LogP contribution in [0.25, 0.3) is 10.9 Å². The van der Waals surface area contributed by atoms with Gasteiger partial charge in [0.1, 0.15) is 12.3 Å². The van der Waals surface area contributed by atoms with Crippen LogP contribution in [0.1, 0.15) is 0 Å². The number of aromatic amines is 1. The molecular formula is C18H15N3O3. The van der Waals surface area contributed by atoms with Crippen LogP contribution in [0.15, 0.2) is 54.7 Å². The number of nitrogens with one attached hydrogen (secondary N) is 2. The molecule has 3 aromatic rings. The fourth-order valence-corrected chi connectivity index (χ4v) is 2.80. The van der Waals surface area contributed by atoms with E-state index in [4.69, 9.17) is 4.74 Å². The summed E-state index contributed by atoms with van der Waals surface area (Å²) in [5.41, 5.74) is 2.24. The molecule has 0 spiro atoms. The van der Waals surface area contributed by atoms with Crippen molar-refractivity contribution in [3.05, 3.63) is 54.7 Å². The number of rotatable bonds is 3. The number of carbonyl (C=O) groups excluding carboxylic acids is 2. The summed E-state index contributed by atoms with van der Waals surface area (Å²) in [5, 5.41) is 3.90. The van der Waals surface area contributed by atoms with Crippen LogP contribution < -0.4 is 15.0 Å². The Morgan fingerprint density at radius 2 is 2.08 bits per heavy atom. The Kier molecular flexibility index (Phi) is 3.42. The molecule has 6 nitrogen and oxygen atoms in total. The number of fused-ring (bicyclic) bond motifs is 2. The van der Waals surface area contributed by atoms with Crippen LogP contribution in [0.5, 0.6) is 5.75 Å². The van der Waals surface area contributed by atoms with Crippen molar-refractivity contribution >= 4 is 34.1 Å². The molecule has 0 fully saturated rings. The van der Waals surface area contributed by atoms with Gasteiger partial charge in [-0.3, -0.25) is 14.5 Å². The summed E-state index contributed by atoms with van der Waals surface area (Å²) in [6.07, 6.45) is 1.85. The van der Waals surface area contributed by atoms with Crippen LogP contribution >= 0.6 is 0 Å². The molecule has 1 aromatic heterocycles. The van der Waals surface area contributed by atoms with E-state index in [0.29, 0.717) is 17.1 Å². The van der Waals surface area contributed by atoms with E-state index in [1.54, 1.807) is 12.1 Å². The maximum Gasteiger partial charge on any atom is 0.265 e. The first kappa shape index (κ1) is 14.3. The molecule has 120 valence electrons. The van der Waals surface area contributed by atoms with Crippen LogP contribution in [-0.4, -0.2) is 29.9 Å². The van der Waals surface area contributed by atoms with Crippen molar-refractivity contribution in [1.29, 1.82) is 0 Å². The van der Waals surface area contributed by atoms with Crippen molar-refractivity contribution in [3.63, 3.8) is 0 Å². The van der Waals surface area contributed by atoms with Gasteiger partial charge in [0.15, 0.2) is 6.61 Å². The van der Waals surface area contributed by atoms with Crippen LogP contribution in [0.3, 0.4) is 0 Å². The molecule has 0 saturated carbocycles. The van der Waals surface area contributed by atoms with Crippen molar-refractivity contribution in [2.24, 2.45) is 0 Å². The first-order chi connectivity index (χ1) is 11.7. The van der Waals surface area contributed by atoms with Gasteiger partial charge >= 0.3 is 0 Å². The lowest BCUT2D eigenvalue weighted by Gasteiger charge is -2.28. The molecule has 2 aromatic carbocycles. The number of amides is 2. The summed E-state index contributed by atoms with van der Waals surface area (Å²) in [6.45, 7) is -0.110. The second kappa shape index (κ2) is 5.73. The molecule has 6 heteroatoms. The Labute approximate surface area is 138 Å². The standard InChI is InChI=1S/C18H15N3O3/c22-17(20-13-6-5-12-7-8-19-14(12)9-13)10-21-15-3-1-2-4-16(15)24-11-18(21)23/h1-9,19H,10-11H2,(H,20,22). The number of nitrogens with zero attached hydrogens (tertiary/aromatic N) is 1. The number of anilines is 2. The van der Waals surface area contributed by atoms with Gasteiger partial charge in [-0.25, -0.2) is 0 Å². The minimum absolute atomic E-state index is 0.0536. The highest BCUT2D eigenvalue weighted by Crippen LogP contribution is 2.31. The number of H-pyrrole nitrogens is 1. The van der Waals surface area contributed by atoms with Gasteiger partial charge < -0.3 is 15.0 Å². The van der Waals surface area contributed by atoms with Crippen LogP contribution in [0.2, 0.25) is 0 Å². The van der Waals surface area contributed by atoms with Gasteiger partial charge in [0, 0.05) is 17.4 Å². The van der Waals surface area contributed by atoms with E-state index in [1.165, 1.54) is 4.90 Å². The number of para-hydroxylation sites is 2. The highest BCUT2D eigenvalue weighted by molar-refractivity contribution is 6.05. The van der Waals surface area contributed by atoms with E-state index in [1.807, 2.05) is 42.6 Å². The molecule has 0 atom stereocenters. The van der Waals surface area contributed by atoms with Crippen molar-refractivity contribution in [2.45, 2.75) is 0 Å². The van der Waals surface area contributed by atoms with E-state index < -0.39 is 0 Å². The molecule has 0 aliphatic carbocycles. The molecule has 2 heterocycles. The molecule has 2 amide bonds. The lowest BCUT2D eigenvalue weighted by atomic mass is 10.2. The van der Waals surface area contributed by atoms with E-state index >= 15 is 0 Å². The van der Waals surface area contributed by atoms with Gasteiger partial charge in [-0.05, 0) is 35.7 Å². The minimum atomic E-state index is -0.258. The van der Waals surface area contributed by atoms with Crippen LogP contribution in [0, 0.1) is 0 Å². The minimum Gasteiger partial charge on any atom is -0.482 e. The second-order valence-electron chi connectivity index (χ2n) is 5.56. The van der Waals surface area contributed by atoms with E-state index in [9.17, 15) is 9.59 Å². The predicted octanol–water partition coefficient (Wildman–Crippen LogP) is 2.53. The number of hydrogen-bond donors (Lipinski definition) is 2. The topological polar surface area (TPSA) is 74.4 Å². The number of aromatic nitrogens is 1. The lowest BCUT2D eigenvalue weighted by Crippen LogP contribution is -2.43. The number of benzene rings is 2. The average molecular weight is 321 g/mol. The normalized spacial score (nSPS) is 13.5. The quantitative estimate of drug-likeness (QED) is 0.778. The van der Waals surface area contributed by atoms with E-state index in [-0.39, 0.29) is 25.0 Å². The maximum absolute atomic E-state index is 12.4. The zero-order chi connectivity index (χ0) is 16.5. The highest BCUT2D eigenvalue weighted by atomic mass is 16.5. The SMILES string of the molecule is O=C(CN1C(=O)COc2ccccc21)Nc1ccc2cc[nH]c2c1. The zero-order valence-corrected chi connectivity index (χ0v) is 12.8. The average Bonchev–Trinajstić information content (AvgIpc) is 3.05. The Bertz CT molecular complexity index is 932. The third kappa shape index (κ3) is 2.58. The van der Waals surface area contributed by atoms with Crippen molar-refractivity contribution in [1.82, 2.24) is 4.98 Å². The van der Waals surface area contributed by atoms with Crippen molar-refractivity contribution in [2.75, 3.05) is 23.4 Å². The number of carbonyl (C=O) groups is 2. The Morgan fingerprint density at radius 3 is 3.00 bits per heavy atom. The molecule has 0 unspecified atom stereocenters. The summed E-state index contributed by atoms with van der Waals surface area (Å²) >= 11 is 0. The zero-order valence-electron chi connectivity index (χ0n) is 12.8. The highest BCUT2D eigenvalue weighted by Gasteiger charge is 2.26. The molecular weight excluding hydrogens is 306 g/mol. The van der Waals surface area contributed by atoms with Gasteiger partial charge in [-0.2, -0.15) is 0 Å². The smallest absolute Gasteiger partial charge is 0.265 e. The predicted molar refractivity (Wildman–Crippen MR) is 91.2 cm³/mol. The largest absolute Gasteiger partial charge is 0.482 e. The fourth-order valence-electron chi connectivity index (χ4n) is 2.80. The third-order valence-electron chi connectivity index (χ3n) is 3.95. The van der Waals surface area contributed by atoms with E-state index in [0.717, 1.165) is 10.9 Å². The van der Waals surface area contributed by atoms with Crippen LogP contribution in [0.4, 0.5) is 11.4 Å². The summed E-state index contributed by atoms with van der Waals surface area (Å²) in [6, 6.07) is 14.8. The monoisotopic (exact) mass is 321 g/mol. The first-order valence-electron chi connectivity index (χ1n) is 7.60. The summed E-state index contributed by atoms with van der Waals surface area (Å²) in [5.74, 6) is 0.118. The molecule has 0 saturated heterocycles. The molecule has 2 N–H and O–H groups in total. The second-order valence-corrected chi connectivity index (χ2v) is 5.56. The maximum atomic E-state index is 12.4. The van der Waals surface area contributed by atoms with Gasteiger partial charge in [-0.15, -0.1) is 0 Å². The Hall–Kier alpha value is -3.28. The first-order valence-corrected chi connectivity index (χ1v) is 7.60. The fraction of sp³-hybridized carbons (Fsp3) is 0.111. The van der Waals surface area contributed by atoms with E-state index in [2.05, 4.69) is 10.3 Å².